The largest absolute Gasteiger partial charge is 0.399 e. The van der Waals surface area contributed by atoms with Crippen LogP contribution in [0.1, 0.15) is 32.8 Å². The highest BCUT2D eigenvalue weighted by molar-refractivity contribution is 5.59. The summed E-state index contributed by atoms with van der Waals surface area (Å²) in [6.45, 7) is 9.84. The summed E-state index contributed by atoms with van der Waals surface area (Å²) in [6.07, 6.45) is 1.16. The summed E-state index contributed by atoms with van der Waals surface area (Å²) in [7, 11) is 0. The fraction of sp³-hybridized carbons (Fsp3) is 0.538. The minimum atomic E-state index is 0.581. The lowest BCUT2D eigenvalue weighted by Gasteiger charge is -2.31. The van der Waals surface area contributed by atoms with Crippen LogP contribution in [0.25, 0.3) is 0 Å². The van der Waals surface area contributed by atoms with Crippen molar-refractivity contribution in [3.8, 4) is 0 Å². The Morgan fingerprint density at radius 1 is 1.33 bits per heavy atom. The molecule has 0 amide bonds. The molecule has 0 aliphatic rings. The molecule has 0 saturated heterocycles. The molecule has 0 aliphatic heterocycles. The molecule has 15 heavy (non-hydrogen) atoms. The van der Waals surface area contributed by atoms with Crippen molar-refractivity contribution in [3.63, 3.8) is 0 Å². The molecule has 1 unspecified atom stereocenters. The summed E-state index contributed by atoms with van der Waals surface area (Å²) in [4.78, 5) is 2.43. The van der Waals surface area contributed by atoms with Crippen LogP contribution in [0, 0.1) is 6.92 Å². The van der Waals surface area contributed by atoms with E-state index in [0.29, 0.717) is 6.04 Å². The van der Waals surface area contributed by atoms with Gasteiger partial charge in [-0.05, 0) is 51.0 Å². The third-order valence-electron chi connectivity index (χ3n) is 2.99. The molecule has 84 valence electrons. The van der Waals surface area contributed by atoms with Crippen LogP contribution in [-0.2, 0) is 0 Å². The molecular formula is C13H22N2. The SMILES string of the molecule is CCC(C)N(CC)c1ccc(N)cc1C. The molecule has 0 fully saturated rings. The average molecular weight is 206 g/mol. The lowest BCUT2D eigenvalue weighted by atomic mass is 10.1. The third kappa shape index (κ3) is 2.65. The van der Waals surface area contributed by atoms with Gasteiger partial charge in [-0.15, -0.1) is 0 Å². The number of aryl methyl sites for hydroxylation is 1. The summed E-state index contributed by atoms with van der Waals surface area (Å²) >= 11 is 0. The van der Waals surface area contributed by atoms with Crippen molar-refractivity contribution < 1.29 is 0 Å². The smallest absolute Gasteiger partial charge is 0.0399 e. The standard InChI is InChI=1S/C13H22N2/c1-5-11(4)15(6-2)13-8-7-12(14)9-10(13)3/h7-9,11H,5-6,14H2,1-4H3. The van der Waals surface area contributed by atoms with E-state index in [2.05, 4.69) is 38.7 Å². The van der Waals surface area contributed by atoms with E-state index in [1.54, 1.807) is 0 Å². The summed E-state index contributed by atoms with van der Waals surface area (Å²) in [5, 5.41) is 0. The van der Waals surface area contributed by atoms with Gasteiger partial charge in [0.1, 0.15) is 0 Å². The van der Waals surface area contributed by atoms with Gasteiger partial charge in [-0.2, -0.15) is 0 Å². The number of anilines is 2. The summed E-state index contributed by atoms with van der Waals surface area (Å²) in [5.74, 6) is 0. The molecule has 0 aliphatic carbocycles. The van der Waals surface area contributed by atoms with E-state index >= 15 is 0 Å². The Hall–Kier alpha value is -1.18. The molecule has 1 rings (SSSR count). The first-order valence-electron chi connectivity index (χ1n) is 5.72. The van der Waals surface area contributed by atoms with Gasteiger partial charge in [0, 0.05) is 24.0 Å². The van der Waals surface area contributed by atoms with Crippen LogP contribution < -0.4 is 10.6 Å². The normalized spacial score (nSPS) is 12.5. The predicted molar refractivity (Wildman–Crippen MR) is 68.4 cm³/mol. The van der Waals surface area contributed by atoms with Crippen molar-refractivity contribution in [2.75, 3.05) is 17.2 Å². The van der Waals surface area contributed by atoms with Crippen molar-refractivity contribution in [2.24, 2.45) is 0 Å². The van der Waals surface area contributed by atoms with Gasteiger partial charge in [0.2, 0.25) is 0 Å². The summed E-state index contributed by atoms with van der Waals surface area (Å²) in [6, 6.07) is 6.73. The molecule has 0 spiro atoms. The monoisotopic (exact) mass is 206 g/mol. The highest BCUT2D eigenvalue weighted by Gasteiger charge is 2.12. The molecule has 0 aromatic heterocycles. The average Bonchev–Trinajstić information content (AvgIpc) is 2.21. The van der Waals surface area contributed by atoms with Gasteiger partial charge in [0.15, 0.2) is 0 Å². The van der Waals surface area contributed by atoms with E-state index in [1.165, 1.54) is 11.3 Å². The van der Waals surface area contributed by atoms with E-state index in [1.807, 2.05) is 12.1 Å². The molecule has 1 aromatic rings. The molecule has 1 atom stereocenters. The van der Waals surface area contributed by atoms with Crippen molar-refractivity contribution in [2.45, 2.75) is 40.2 Å². The summed E-state index contributed by atoms with van der Waals surface area (Å²) in [5.41, 5.74) is 9.17. The number of rotatable bonds is 4. The first-order valence-corrected chi connectivity index (χ1v) is 5.72. The van der Waals surface area contributed by atoms with Crippen molar-refractivity contribution >= 4 is 11.4 Å². The molecule has 0 bridgehead atoms. The maximum absolute atomic E-state index is 5.76. The Kier molecular flexibility index (Phi) is 4.01. The number of hydrogen-bond acceptors (Lipinski definition) is 2. The van der Waals surface area contributed by atoms with Gasteiger partial charge in [-0.25, -0.2) is 0 Å². The lowest BCUT2D eigenvalue weighted by Crippen LogP contribution is -2.32. The van der Waals surface area contributed by atoms with Crippen LogP contribution >= 0.6 is 0 Å². The second kappa shape index (κ2) is 5.06. The van der Waals surface area contributed by atoms with Gasteiger partial charge in [0.25, 0.3) is 0 Å². The van der Waals surface area contributed by atoms with E-state index in [4.69, 9.17) is 5.73 Å². The number of nitrogens with two attached hydrogens (primary N) is 1. The minimum absolute atomic E-state index is 0.581. The van der Waals surface area contributed by atoms with Crippen LogP contribution in [0.4, 0.5) is 11.4 Å². The van der Waals surface area contributed by atoms with Gasteiger partial charge in [-0.3, -0.25) is 0 Å². The maximum atomic E-state index is 5.76. The Morgan fingerprint density at radius 2 is 2.00 bits per heavy atom. The zero-order valence-corrected chi connectivity index (χ0v) is 10.2. The topological polar surface area (TPSA) is 29.3 Å². The number of nitrogens with zero attached hydrogens (tertiary/aromatic N) is 1. The quantitative estimate of drug-likeness (QED) is 0.766. The van der Waals surface area contributed by atoms with Crippen molar-refractivity contribution in [1.82, 2.24) is 0 Å². The Morgan fingerprint density at radius 3 is 2.47 bits per heavy atom. The van der Waals surface area contributed by atoms with Gasteiger partial charge < -0.3 is 10.6 Å². The zero-order chi connectivity index (χ0) is 11.4. The molecule has 2 N–H and O–H groups in total. The maximum Gasteiger partial charge on any atom is 0.0399 e. The van der Waals surface area contributed by atoms with E-state index in [9.17, 15) is 0 Å². The number of hydrogen-bond donors (Lipinski definition) is 1. The van der Waals surface area contributed by atoms with Crippen LogP contribution in [0.3, 0.4) is 0 Å². The second-order valence-electron chi connectivity index (χ2n) is 4.09. The van der Waals surface area contributed by atoms with Crippen LogP contribution in [0.5, 0.6) is 0 Å². The fourth-order valence-corrected chi connectivity index (χ4v) is 1.94. The zero-order valence-electron chi connectivity index (χ0n) is 10.2. The predicted octanol–water partition coefficient (Wildman–Crippen LogP) is 3.20. The Balaban J connectivity index is 3.01. The third-order valence-corrected chi connectivity index (χ3v) is 2.99. The highest BCUT2D eigenvalue weighted by Crippen LogP contribution is 2.24. The Labute approximate surface area is 93.1 Å². The van der Waals surface area contributed by atoms with Crippen molar-refractivity contribution in [3.05, 3.63) is 23.8 Å². The van der Waals surface area contributed by atoms with E-state index in [-0.39, 0.29) is 0 Å². The van der Waals surface area contributed by atoms with E-state index < -0.39 is 0 Å². The van der Waals surface area contributed by atoms with E-state index in [0.717, 1.165) is 18.7 Å². The van der Waals surface area contributed by atoms with Gasteiger partial charge >= 0.3 is 0 Å². The van der Waals surface area contributed by atoms with Crippen LogP contribution in [0.15, 0.2) is 18.2 Å². The highest BCUT2D eigenvalue weighted by atomic mass is 15.1. The molecular weight excluding hydrogens is 184 g/mol. The molecule has 2 heteroatoms. The first-order chi connectivity index (χ1) is 7.10. The van der Waals surface area contributed by atoms with Crippen LogP contribution in [0.2, 0.25) is 0 Å². The molecule has 0 saturated carbocycles. The number of nitrogen functional groups attached to an aromatic ring is 1. The Bertz CT molecular complexity index is 320. The molecule has 1 aromatic carbocycles. The minimum Gasteiger partial charge on any atom is -0.399 e. The first kappa shape index (κ1) is 11.9. The fourth-order valence-electron chi connectivity index (χ4n) is 1.94. The van der Waals surface area contributed by atoms with Gasteiger partial charge in [-0.1, -0.05) is 6.92 Å². The molecule has 0 heterocycles. The summed E-state index contributed by atoms with van der Waals surface area (Å²) < 4.78 is 0. The molecule has 2 nitrogen and oxygen atoms in total. The van der Waals surface area contributed by atoms with Crippen molar-refractivity contribution in [1.29, 1.82) is 0 Å². The molecule has 0 radical (unpaired) electrons. The van der Waals surface area contributed by atoms with Gasteiger partial charge in [0.05, 0.1) is 0 Å². The van der Waals surface area contributed by atoms with Crippen LogP contribution in [-0.4, -0.2) is 12.6 Å². The lowest BCUT2D eigenvalue weighted by molar-refractivity contribution is 0.629. The second-order valence-corrected chi connectivity index (χ2v) is 4.09. The number of benzene rings is 1.